The van der Waals surface area contributed by atoms with Gasteiger partial charge in [-0.25, -0.2) is 0 Å². The number of nitrogens with one attached hydrogen (secondary N) is 1. The lowest BCUT2D eigenvalue weighted by Gasteiger charge is -2.32. The van der Waals surface area contributed by atoms with Crippen LogP contribution >= 0.6 is 11.8 Å². The second-order valence-electron chi connectivity index (χ2n) is 6.30. The van der Waals surface area contributed by atoms with E-state index in [4.69, 9.17) is 4.99 Å². The first-order valence-corrected chi connectivity index (χ1v) is 9.28. The second kappa shape index (κ2) is 6.04. The number of nitrogens with zero attached hydrogens (tertiary/aromatic N) is 2. The highest BCUT2D eigenvalue weighted by Gasteiger charge is 2.41. The van der Waals surface area contributed by atoms with E-state index in [1.807, 2.05) is 19.1 Å². The summed E-state index contributed by atoms with van der Waals surface area (Å²) in [5.74, 6) is 0.0485. The summed E-state index contributed by atoms with van der Waals surface area (Å²) < 4.78 is 0. The van der Waals surface area contributed by atoms with Crippen molar-refractivity contribution in [3.8, 4) is 0 Å². The molecule has 0 radical (unpaired) electrons. The number of fused-ring (bicyclic) bond motifs is 3. The van der Waals surface area contributed by atoms with Gasteiger partial charge < -0.3 is 10.2 Å². The first kappa shape index (κ1) is 14.8. The fraction of sp³-hybridized carbons (Fsp3) is 0.444. The lowest BCUT2D eigenvalue weighted by molar-refractivity contribution is -0.115. The molecule has 1 aromatic carbocycles. The lowest BCUT2D eigenvalue weighted by Crippen LogP contribution is -2.38. The van der Waals surface area contributed by atoms with Crippen LogP contribution in [0.2, 0.25) is 0 Å². The van der Waals surface area contributed by atoms with Crippen LogP contribution in [0.1, 0.15) is 44.6 Å². The minimum Gasteiger partial charge on any atom is -0.326 e. The molecule has 120 valence electrons. The van der Waals surface area contributed by atoms with Crippen LogP contribution in [-0.4, -0.2) is 28.1 Å². The van der Waals surface area contributed by atoms with Gasteiger partial charge in [0.1, 0.15) is 0 Å². The Morgan fingerprint density at radius 2 is 2.09 bits per heavy atom. The van der Waals surface area contributed by atoms with Crippen LogP contribution in [0.3, 0.4) is 0 Å². The van der Waals surface area contributed by atoms with Gasteiger partial charge in [0.05, 0.1) is 17.8 Å². The highest BCUT2D eigenvalue weighted by atomic mass is 32.2. The zero-order valence-electron chi connectivity index (χ0n) is 13.3. The molecule has 23 heavy (non-hydrogen) atoms. The van der Waals surface area contributed by atoms with E-state index in [0.29, 0.717) is 18.5 Å². The Bertz CT molecular complexity index is 680. The third-order valence-corrected chi connectivity index (χ3v) is 5.68. The Morgan fingerprint density at radius 1 is 1.30 bits per heavy atom. The summed E-state index contributed by atoms with van der Waals surface area (Å²) in [6.45, 7) is 1.86. The summed E-state index contributed by atoms with van der Waals surface area (Å²) in [6, 6.07) is 9.18. The van der Waals surface area contributed by atoms with Crippen molar-refractivity contribution in [3.05, 3.63) is 35.2 Å². The van der Waals surface area contributed by atoms with Crippen LogP contribution in [0.4, 0.5) is 5.69 Å². The van der Waals surface area contributed by atoms with Crippen LogP contribution in [0.25, 0.3) is 5.70 Å². The average molecular weight is 327 g/mol. The van der Waals surface area contributed by atoms with E-state index in [1.165, 1.54) is 42.1 Å². The standard InChI is InChI=1S/C18H21N3OS/c1-2-17(22)19-13-9-7-12(8-10-13)16-11-23-18-20-14-5-3-4-6-15(14)21(16)18/h7-11,14-15H,2-6H2,1H3,(H,19,22)/t14-,15-/m0/s1. The molecule has 1 N–H and O–H groups in total. The molecule has 5 heteroatoms. The third-order valence-electron chi connectivity index (χ3n) is 4.83. The number of carbonyl (C=O) groups is 1. The van der Waals surface area contributed by atoms with Crippen LogP contribution in [-0.2, 0) is 4.79 Å². The van der Waals surface area contributed by atoms with Gasteiger partial charge in [0.2, 0.25) is 5.91 Å². The van der Waals surface area contributed by atoms with Gasteiger partial charge >= 0.3 is 0 Å². The zero-order chi connectivity index (χ0) is 15.8. The minimum absolute atomic E-state index is 0.0485. The number of rotatable bonds is 3. The van der Waals surface area contributed by atoms with E-state index in [0.717, 1.165) is 5.69 Å². The van der Waals surface area contributed by atoms with E-state index in [-0.39, 0.29) is 5.91 Å². The molecule has 0 aromatic heterocycles. The maximum Gasteiger partial charge on any atom is 0.224 e. The molecule has 1 fully saturated rings. The van der Waals surface area contributed by atoms with Gasteiger partial charge in [-0.2, -0.15) is 0 Å². The van der Waals surface area contributed by atoms with Gasteiger partial charge in [-0.05, 0) is 30.5 Å². The van der Waals surface area contributed by atoms with E-state index in [1.54, 1.807) is 11.8 Å². The van der Waals surface area contributed by atoms with Gasteiger partial charge in [0, 0.05) is 17.5 Å². The Balaban J connectivity index is 1.54. The van der Waals surface area contributed by atoms with Crippen molar-refractivity contribution in [1.82, 2.24) is 4.90 Å². The first-order valence-electron chi connectivity index (χ1n) is 8.40. The average Bonchev–Trinajstić information content (AvgIpc) is 3.14. The van der Waals surface area contributed by atoms with Gasteiger partial charge in [0.15, 0.2) is 5.17 Å². The fourth-order valence-electron chi connectivity index (χ4n) is 3.60. The first-order chi connectivity index (χ1) is 11.3. The summed E-state index contributed by atoms with van der Waals surface area (Å²) in [7, 11) is 0. The Hall–Kier alpha value is -1.75. The summed E-state index contributed by atoms with van der Waals surface area (Å²) in [5.41, 5.74) is 3.32. The predicted molar refractivity (Wildman–Crippen MR) is 96.2 cm³/mol. The summed E-state index contributed by atoms with van der Waals surface area (Å²) in [6.07, 6.45) is 5.57. The van der Waals surface area contributed by atoms with Crippen molar-refractivity contribution < 1.29 is 4.79 Å². The molecule has 2 heterocycles. The Kier molecular flexibility index (Phi) is 3.89. The fourth-order valence-corrected chi connectivity index (χ4v) is 4.61. The molecule has 0 spiro atoms. The Morgan fingerprint density at radius 3 is 2.87 bits per heavy atom. The largest absolute Gasteiger partial charge is 0.326 e. The van der Waals surface area contributed by atoms with Crippen molar-refractivity contribution in [1.29, 1.82) is 0 Å². The summed E-state index contributed by atoms with van der Waals surface area (Å²) in [5, 5.41) is 6.28. The van der Waals surface area contributed by atoms with Gasteiger partial charge in [-0.15, -0.1) is 0 Å². The molecule has 0 bridgehead atoms. The van der Waals surface area contributed by atoms with E-state index in [2.05, 4.69) is 27.8 Å². The van der Waals surface area contributed by atoms with Crippen LogP contribution in [0.15, 0.2) is 34.7 Å². The molecule has 2 atom stereocenters. The van der Waals surface area contributed by atoms with Crippen LogP contribution in [0.5, 0.6) is 0 Å². The maximum atomic E-state index is 11.5. The number of carbonyl (C=O) groups excluding carboxylic acids is 1. The second-order valence-corrected chi connectivity index (χ2v) is 7.14. The molecular formula is C18H21N3OS. The van der Waals surface area contributed by atoms with Gasteiger partial charge in [0.25, 0.3) is 0 Å². The molecule has 1 aromatic rings. The molecular weight excluding hydrogens is 306 g/mol. The number of amidine groups is 1. The van der Waals surface area contributed by atoms with Crippen LogP contribution in [0, 0.1) is 0 Å². The molecule has 4 nitrogen and oxygen atoms in total. The number of benzene rings is 1. The molecule has 0 unspecified atom stereocenters. The highest BCUT2D eigenvalue weighted by molar-refractivity contribution is 8.16. The number of amides is 1. The predicted octanol–water partition coefficient (Wildman–Crippen LogP) is 4.06. The lowest BCUT2D eigenvalue weighted by atomic mass is 9.90. The summed E-state index contributed by atoms with van der Waals surface area (Å²) in [4.78, 5) is 18.8. The van der Waals surface area contributed by atoms with E-state index >= 15 is 0 Å². The van der Waals surface area contributed by atoms with E-state index in [9.17, 15) is 4.79 Å². The molecule has 3 aliphatic rings. The SMILES string of the molecule is CCC(=O)Nc1ccc(C2=CSC3=N[C@H]4CCCC[C@@H]4N23)cc1. The number of aliphatic imine (C=N–C) groups is 1. The molecule has 1 saturated carbocycles. The number of hydrogen-bond acceptors (Lipinski definition) is 4. The topological polar surface area (TPSA) is 44.7 Å². The van der Waals surface area contributed by atoms with Crippen molar-refractivity contribution in [2.45, 2.75) is 51.1 Å². The number of anilines is 1. The third kappa shape index (κ3) is 2.67. The van der Waals surface area contributed by atoms with Gasteiger partial charge in [-0.3, -0.25) is 9.79 Å². The maximum absolute atomic E-state index is 11.5. The smallest absolute Gasteiger partial charge is 0.224 e. The normalized spacial score (nSPS) is 25.5. The monoisotopic (exact) mass is 327 g/mol. The Labute approximate surface area is 141 Å². The summed E-state index contributed by atoms with van der Waals surface area (Å²) >= 11 is 1.74. The van der Waals surface area contributed by atoms with E-state index < -0.39 is 0 Å². The van der Waals surface area contributed by atoms with Crippen molar-refractivity contribution in [2.75, 3.05) is 5.32 Å². The van der Waals surface area contributed by atoms with Crippen molar-refractivity contribution >= 4 is 34.2 Å². The molecule has 2 aliphatic heterocycles. The molecule has 4 rings (SSSR count). The number of hydrogen-bond donors (Lipinski definition) is 1. The molecule has 1 amide bonds. The van der Waals surface area contributed by atoms with Crippen LogP contribution < -0.4 is 5.32 Å². The highest BCUT2D eigenvalue weighted by Crippen LogP contribution is 2.44. The quantitative estimate of drug-likeness (QED) is 0.910. The molecule has 1 aliphatic carbocycles. The van der Waals surface area contributed by atoms with Gasteiger partial charge in [-0.1, -0.05) is 43.7 Å². The van der Waals surface area contributed by atoms with Crippen molar-refractivity contribution in [2.24, 2.45) is 4.99 Å². The molecule has 0 saturated heterocycles. The zero-order valence-corrected chi connectivity index (χ0v) is 14.1. The van der Waals surface area contributed by atoms with Crippen molar-refractivity contribution in [3.63, 3.8) is 0 Å². The minimum atomic E-state index is 0.0485. The number of thioether (sulfide) groups is 1.